The Bertz CT molecular complexity index is 513. The summed E-state index contributed by atoms with van der Waals surface area (Å²) in [5.74, 6) is -0.278. The monoisotopic (exact) mass is 191 g/mol. The predicted molar refractivity (Wildman–Crippen MR) is 49.8 cm³/mol. The van der Waals surface area contributed by atoms with Gasteiger partial charge in [-0.15, -0.1) is 5.10 Å². The molecule has 0 aliphatic heterocycles. The van der Waals surface area contributed by atoms with Gasteiger partial charge in [0, 0.05) is 5.69 Å². The summed E-state index contributed by atoms with van der Waals surface area (Å²) in [6.45, 7) is 3.74. The molecule has 2 heterocycles. The van der Waals surface area contributed by atoms with Crippen LogP contribution in [0.5, 0.6) is 0 Å². The van der Waals surface area contributed by atoms with Crippen molar-refractivity contribution in [1.29, 1.82) is 0 Å². The number of aryl methyl sites for hydroxylation is 2. The molecule has 0 saturated heterocycles. The first-order chi connectivity index (χ1) is 6.66. The van der Waals surface area contributed by atoms with Crippen LogP contribution in [0.1, 0.15) is 11.4 Å². The van der Waals surface area contributed by atoms with Gasteiger partial charge >= 0.3 is 5.76 Å². The molecule has 14 heavy (non-hydrogen) atoms. The van der Waals surface area contributed by atoms with Gasteiger partial charge in [-0.25, -0.2) is 9.89 Å². The van der Waals surface area contributed by atoms with Crippen LogP contribution in [0.2, 0.25) is 0 Å². The number of nitrogens with zero attached hydrogens (tertiary/aromatic N) is 2. The summed E-state index contributed by atoms with van der Waals surface area (Å²) in [7, 11) is 0. The van der Waals surface area contributed by atoms with Crippen LogP contribution in [0.15, 0.2) is 21.3 Å². The summed E-state index contributed by atoms with van der Waals surface area (Å²) >= 11 is 0. The zero-order chi connectivity index (χ0) is 10.1. The largest absolute Gasteiger partial charge is 0.434 e. The molecule has 2 aromatic rings. The van der Waals surface area contributed by atoms with Crippen LogP contribution in [0.3, 0.4) is 0 Å². The highest BCUT2D eigenvalue weighted by Gasteiger charge is 2.08. The fourth-order valence-corrected chi connectivity index (χ4v) is 1.26. The quantitative estimate of drug-likeness (QED) is 0.731. The van der Waals surface area contributed by atoms with Crippen molar-refractivity contribution in [3.63, 3.8) is 0 Å². The van der Waals surface area contributed by atoms with Crippen molar-refractivity contribution >= 4 is 0 Å². The number of rotatable bonds is 1. The van der Waals surface area contributed by atoms with E-state index in [-0.39, 0.29) is 5.89 Å². The lowest BCUT2D eigenvalue weighted by atomic mass is 10.2. The van der Waals surface area contributed by atoms with E-state index >= 15 is 0 Å². The molecule has 5 nitrogen and oxygen atoms in total. The Morgan fingerprint density at radius 1 is 1.36 bits per heavy atom. The van der Waals surface area contributed by atoms with E-state index in [0.717, 1.165) is 17.0 Å². The highest BCUT2D eigenvalue weighted by molar-refractivity contribution is 5.55. The summed E-state index contributed by atoms with van der Waals surface area (Å²) in [5.41, 5.74) is 2.44. The van der Waals surface area contributed by atoms with Crippen LogP contribution in [0.25, 0.3) is 11.5 Å². The zero-order valence-corrected chi connectivity index (χ0v) is 7.87. The van der Waals surface area contributed by atoms with E-state index in [9.17, 15) is 4.79 Å². The second-order valence-electron chi connectivity index (χ2n) is 3.00. The standard InChI is InChI=1S/C9H9N3O2/c1-5-3-4-7(6(2)10-5)8-11-12-9(13)14-8/h3-4H,1-2H3,(H,12,13). The Kier molecular flexibility index (Phi) is 1.92. The van der Waals surface area contributed by atoms with Crippen LogP contribution < -0.4 is 5.76 Å². The minimum Gasteiger partial charge on any atom is -0.388 e. The summed E-state index contributed by atoms with van der Waals surface area (Å²) < 4.78 is 4.83. The molecule has 0 aliphatic rings. The molecule has 5 heteroatoms. The van der Waals surface area contributed by atoms with E-state index < -0.39 is 5.76 Å². The Morgan fingerprint density at radius 2 is 2.14 bits per heavy atom. The third-order valence-electron chi connectivity index (χ3n) is 1.89. The van der Waals surface area contributed by atoms with E-state index in [0.29, 0.717) is 0 Å². The van der Waals surface area contributed by atoms with Crippen molar-refractivity contribution < 1.29 is 4.42 Å². The first-order valence-corrected chi connectivity index (χ1v) is 4.17. The number of pyridine rings is 1. The van der Waals surface area contributed by atoms with Crippen molar-refractivity contribution in [2.45, 2.75) is 13.8 Å². The molecule has 0 radical (unpaired) electrons. The lowest BCUT2D eigenvalue weighted by Crippen LogP contribution is -1.93. The Labute approximate surface area is 79.8 Å². The lowest BCUT2D eigenvalue weighted by molar-refractivity contribution is 0.526. The van der Waals surface area contributed by atoms with Gasteiger partial charge in [-0.05, 0) is 26.0 Å². The Morgan fingerprint density at radius 3 is 2.71 bits per heavy atom. The SMILES string of the molecule is Cc1ccc(-c2n[nH]c(=O)o2)c(C)n1. The zero-order valence-electron chi connectivity index (χ0n) is 7.87. The molecule has 0 fully saturated rings. The molecule has 2 aromatic heterocycles. The van der Waals surface area contributed by atoms with E-state index in [4.69, 9.17) is 4.42 Å². The Balaban J connectivity index is 2.57. The first-order valence-electron chi connectivity index (χ1n) is 4.17. The van der Waals surface area contributed by atoms with Gasteiger partial charge in [0.25, 0.3) is 5.89 Å². The van der Waals surface area contributed by atoms with Crippen molar-refractivity contribution in [2.24, 2.45) is 0 Å². The molecule has 0 spiro atoms. The average Bonchev–Trinajstić information content (AvgIpc) is 2.51. The number of aromatic nitrogens is 3. The van der Waals surface area contributed by atoms with E-state index in [1.165, 1.54) is 0 Å². The minimum atomic E-state index is -0.556. The molecule has 0 aliphatic carbocycles. The predicted octanol–water partition coefficient (Wildman–Crippen LogP) is 1.04. The molecule has 0 amide bonds. The first kappa shape index (κ1) is 8.68. The molecule has 0 saturated carbocycles. The summed E-state index contributed by atoms with van der Waals surface area (Å²) in [4.78, 5) is 15.0. The second kappa shape index (κ2) is 3.10. The van der Waals surface area contributed by atoms with Crippen LogP contribution in [-0.4, -0.2) is 15.2 Å². The highest BCUT2D eigenvalue weighted by atomic mass is 16.4. The van der Waals surface area contributed by atoms with Gasteiger partial charge in [-0.3, -0.25) is 4.98 Å². The van der Waals surface area contributed by atoms with Gasteiger partial charge in [0.15, 0.2) is 0 Å². The summed E-state index contributed by atoms with van der Waals surface area (Å²) in [5, 5.41) is 5.94. The molecule has 0 bridgehead atoms. The Hall–Kier alpha value is -1.91. The molecule has 0 atom stereocenters. The van der Waals surface area contributed by atoms with Gasteiger partial charge in [-0.1, -0.05) is 0 Å². The van der Waals surface area contributed by atoms with Gasteiger partial charge in [-0.2, -0.15) is 0 Å². The average molecular weight is 191 g/mol. The maximum atomic E-state index is 10.7. The second-order valence-corrected chi connectivity index (χ2v) is 3.00. The third kappa shape index (κ3) is 1.44. The van der Waals surface area contributed by atoms with Crippen LogP contribution in [0, 0.1) is 13.8 Å². The fraction of sp³-hybridized carbons (Fsp3) is 0.222. The molecular formula is C9H9N3O2. The topological polar surface area (TPSA) is 71.8 Å². The van der Waals surface area contributed by atoms with Crippen LogP contribution in [-0.2, 0) is 0 Å². The van der Waals surface area contributed by atoms with Gasteiger partial charge < -0.3 is 4.42 Å². The van der Waals surface area contributed by atoms with E-state index in [1.54, 1.807) is 0 Å². The number of nitrogens with one attached hydrogen (secondary N) is 1. The van der Waals surface area contributed by atoms with Crippen molar-refractivity contribution in [2.75, 3.05) is 0 Å². The van der Waals surface area contributed by atoms with Crippen molar-refractivity contribution in [3.05, 3.63) is 34.1 Å². The molecule has 72 valence electrons. The highest BCUT2D eigenvalue weighted by Crippen LogP contribution is 2.18. The van der Waals surface area contributed by atoms with E-state index in [2.05, 4.69) is 15.2 Å². The minimum absolute atomic E-state index is 0.278. The summed E-state index contributed by atoms with van der Waals surface area (Å²) in [6.07, 6.45) is 0. The van der Waals surface area contributed by atoms with Crippen molar-refractivity contribution in [1.82, 2.24) is 15.2 Å². The molecule has 0 aromatic carbocycles. The summed E-state index contributed by atoms with van der Waals surface area (Å²) in [6, 6.07) is 3.67. The maximum absolute atomic E-state index is 10.7. The van der Waals surface area contributed by atoms with Crippen LogP contribution in [0.4, 0.5) is 0 Å². The number of hydrogen-bond donors (Lipinski definition) is 1. The van der Waals surface area contributed by atoms with Crippen molar-refractivity contribution in [3.8, 4) is 11.5 Å². The van der Waals surface area contributed by atoms with Gasteiger partial charge in [0.1, 0.15) is 0 Å². The number of aromatic amines is 1. The normalized spacial score (nSPS) is 10.4. The molecule has 2 rings (SSSR count). The van der Waals surface area contributed by atoms with E-state index in [1.807, 2.05) is 26.0 Å². The number of hydrogen-bond acceptors (Lipinski definition) is 4. The van der Waals surface area contributed by atoms with Gasteiger partial charge in [0.05, 0.1) is 11.3 Å². The maximum Gasteiger partial charge on any atom is 0.434 e. The number of H-pyrrole nitrogens is 1. The molecule has 1 N–H and O–H groups in total. The fourth-order valence-electron chi connectivity index (χ4n) is 1.26. The van der Waals surface area contributed by atoms with Gasteiger partial charge in [0.2, 0.25) is 0 Å². The van der Waals surface area contributed by atoms with Crippen LogP contribution >= 0.6 is 0 Å². The third-order valence-corrected chi connectivity index (χ3v) is 1.89. The lowest BCUT2D eigenvalue weighted by Gasteiger charge is -1.99. The molecule has 0 unspecified atom stereocenters. The molecular weight excluding hydrogens is 182 g/mol. The smallest absolute Gasteiger partial charge is 0.388 e.